The van der Waals surface area contributed by atoms with Gasteiger partial charge in [0.15, 0.2) is 0 Å². The average molecular weight is 377 g/mol. The number of hydrogen-bond acceptors (Lipinski definition) is 4. The van der Waals surface area contributed by atoms with E-state index in [1.165, 1.54) is 16.2 Å². The molecular formula is C21H23N5O2. The number of pyridine rings is 2. The molecule has 7 nitrogen and oxygen atoms in total. The summed E-state index contributed by atoms with van der Waals surface area (Å²) >= 11 is 0. The van der Waals surface area contributed by atoms with E-state index in [0.29, 0.717) is 12.1 Å². The van der Waals surface area contributed by atoms with Gasteiger partial charge < -0.3 is 14.0 Å². The summed E-state index contributed by atoms with van der Waals surface area (Å²) in [5.41, 5.74) is 1.59. The highest BCUT2D eigenvalue weighted by Gasteiger charge is 2.28. The van der Waals surface area contributed by atoms with Crippen LogP contribution in [0.15, 0.2) is 60.0 Å². The number of likely N-dealkylation sites (tertiary alicyclic amines) is 1. The van der Waals surface area contributed by atoms with Crippen LogP contribution in [0.5, 0.6) is 0 Å². The van der Waals surface area contributed by atoms with Crippen molar-refractivity contribution in [2.45, 2.75) is 25.3 Å². The van der Waals surface area contributed by atoms with Crippen molar-refractivity contribution in [2.75, 3.05) is 13.1 Å². The highest BCUT2D eigenvalue weighted by atomic mass is 16.2. The molecule has 1 atom stereocenters. The minimum absolute atomic E-state index is 0.0347. The van der Waals surface area contributed by atoms with Crippen LogP contribution in [0.3, 0.4) is 0 Å². The number of nitrogens with zero attached hydrogens (tertiary/aromatic N) is 5. The first-order valence-corrected chi connectivity index (χ1v) is 9.48. The van der Waals surface area contributed by atoms with Crippen molar-refractivity contribution in [1.82, 2.24) is 24.0 Å². The van der Waals surface area contributed by atoms with Gasteiger partial charge in [-0.2, -0.15) is 0 Å². The summed E-state index contributed by atoms with van der Waals surface area (Å²) in [5, 5.41) is 0. The molecule has 0 spiro atoms. The number of aryl methyl sites for hydroxylation is 1. The van der Waals surface area contributed by atoms with Crippen LogP contribution in [-0.4, -0.2) is 43.0 Å². The minimum Gasteiger partial charge on any atom is -0.338 e. The monoisotopic (exact) mass is 377 g/mol. The summed E-state index contributed by atoms with van der Waals surface area (Å²) in [7, 11) is 1.66. The molecule has 0 unspecified atom stereocenters. The summed E-state index contributed by atoms with van der Waals surface area (Å²) in [6.45, 7) is 2.10. The Bertz CT molecular complexity index is 1020. The maximum Gasteiger partial charge on any atom is 0.255 e. The fraction of sp³-hybridized carbons (Fsp3) is 0.333. The molecule has 0 bridgehead atoms. The van der Waals surface area contributed by atoms with Gasteiger partial charge in [0.2, 0.25) is 5.56 Å². The maximum absolute atomic E-state index is 12.9. The third-order valence-electron chi connectivity index (χ3n) is 5.26. The molecule has 1 aliphatic rings. The van der Waals surface area contributed by atoms with Gasteiger partial charge in [0.25, 0.3) is 5.91 Å². The fourth-order valence-electron chi connectivity index (χ4n) is 3.77. The highest BCUT2D eigenvalue weighted by Crippen LogP contribution is 2.27. The van der Waals surface area contributed by atoms with Crippen molar-refractivity contribution in [1.29, 1.82) is 0 Å². The normalized spacial score (nSPS) is 16.9. The number of piperidine rings is 1. The summed E-state index contributed by atoms with van der Waals surface area (Å²) in [6, 6.07) is 7.05. The molecule has 28 heavy (non-hydrogen) atoms. The number of carbonyl (C=O) groups excluding carboxylic acids is 1. The zero-order chi connectivity index (χ0) is 19.5. The van der Waals surface area contributed by atoms with Crippen molar-refractivity contribution < 1.29 is 4.79 Å². The van der Waals surface area contributed by atoms with Gasteiger partial charge in [0.05, 0.1) is 5.56 Å². The first-order chi connectivity index (χ1) is 13.6. The van der Waals surface area contributed by atoms with Gasteiger partial charge in [-0.05, 0) is 36.6 Å². The molecule has 3 aromatic heterocycles. The van der Waals surface area contributed by atoms with Crippen LogP contribution < -0.4 is 5.56 Å². The molecular weight excluding hydrogens is 354 g/mol. The second-order valence-corrected chi connectivity index (χ2v) is 7.23. The van der Waals surface area contributed by atoms with Crippen LogP contribution in [0.4, 0.5) is 0 Å². The van der Waals surface area contributed by atoms with Crippen LogP contribution in [0.25, 0.3) is 0 Å². The Labute approximate surface area is 163 Å². The maximum atomic E-state index is 12.9. The van der Waals surface area contributed by atoms with E-state index in [2.05, 4.69) is 14.5 Å². The number of aromatic nitrogens is 4. The van der Waals surface area contributed by atoms with E-state index >= 15 is 0 Å². The van der Waals surface area contributed by atoms with Crippen LogP contribution >= 0.6 is 0 Å². The number of imidazole rings is 1. The molecule has 0 saturated carbocycles. The zero-order valence-corrected chi connectivity index (χ0v) is 15.9. The summed E-state index contributed by atoms with van der Waals surface area (Å²) < 4.78 is 3.59. The van der Waals surface area contributed by atoms with E-state index < -0.39 is 0 Å². The lowest BCUT2D eigenvalue weighted by atomic mass is 9.96. The second-order valence-electron chi connectivity index (χ2n) is 7.23. The van der Waals surface area contributed by atoms with Crippen molar-refractivity contribution >= 4 is 5.91 Å². The van der Waals surface area contributed by atoms with Crippen LogP contribution in [0, 0.1) is 0 Å². The number of carbonyl (C=O) groups is 1. The lowest BCUT2D eigenvalue weighted by Gasteiger charge is -2.32. The summed E-state index contributed by atoms with van der Waals surface area (Å²) in [6.07, 6.45) is 10.9. The van der Waals surface area contributed by atoms with E-state index in [9.17, 15) is 9.59 Å². The summed E-state index contributed by atoms with van der Waals surface area (Å²) in [5.74, 6) is 1.17. The van der Waals surface area contributed by atoms with Crippen LogP contribution in [0.2, 0.25) is 0 Å². The van der Waals surface area contributed by atoms with Gasteiger partial charge in [-0.1, -0.05) is 0 Å². The van der Waals surface area contributed by atoms with Crippen molar-refractivity contribution in [3.05, 3.63) is 82.6 Å². The summed E-state index contributed by atoms with van der Waals surface area (Å²) in [4.78, 5) is 35.1. The Morgan fingerprint density at radius 2 is 2.00 bits per heavy atom. The van der Waals surface area contributed by atoms with Gasteiger partial charge in [0.1, 0.15) is 5.82 Å². The molecule has 1 saturated heterocycles. The average Bonchev–Trinajstić information content (AvgIpc) is 3.18. The topological polar surface area (TPSA) is 73.0 Å². The van der Waals surface area contributed by atoms with Gasteiger partial charge in [0, 0.05) is 69.7 Å². The van der Waals surface area contributed by atoms with Crippen molar-refractivity contribution in [3.8, 4) is 0 Å². The Kier molecular flexibility index (Phi) is 5.06. The molecule has 1 amide bonds. The number of hydrogen-bond donors (Lipinski definition) is 0. The van der Waals surface area contributed by atoms with E-state index in [-0.39, 0.29) is 17.4 Å². The van der Waals surface area contributed by atoms with Gasteiger partial charge >= 0.3 is 0 Å². The molecule has 4 heterocycles. The van der Waals surface area contributed by atoms with Gasteiger partial charge in [-0.25, -0.2) is 4.98 Å². The molecule has 0 aliphatic carbocycles. The van der Waals surface area contributed by atoms with E-state index in [1.807, 2.05) is 29.4 Å². The van der Waals surface area contributed by atoms with E-state index in [1.54, 1.807) is 31.7 Å². The first-order valence-electron chi connectivity index (χ1n) is 9.48. The first kappa shape index (κ1) is 18.2. The van der Waals surface area contributed by atoms with E-state index in [0.717, 1.165) is 31.8 Å². The SMILES string of the molecule is Cn1cc(C(=O)N2CCC[C@@H](c3nccn3Cc3ccncc3)C2)ccc1=O. The van der Waals surface area contributed by atoms with Crippen molar-refractivity contribution in [2.24, 2.45) is 7.05 Å². The van der Waals surface area contributed by atoms with E-state index in [4.69, 9.17) is 0 Å². The van der Waals surface area contributed by atoms with Crippen LogP contribution in [0.1, 0.15) is 40.5 Å². The van der Waals surface area contributed by atoms with Crippen LogP contribution in [-0.2, 0) is 13.6 Å². The predicted octanol–water partition coefficient (Wildman–Crippen LogP) is 2.04. The molecule has 1 aliphatic heterocycles. The molecule has 7 heteroatoms. The molecule has 3 aromatic rings. The predicted molar refractivity (Wildman–Crippen MR) is 105 cm³/mol. The van der Waals surface area contributed by atoms with Gasteiger partial charge in [-0.15, -0.1) is 0 Å². The molecule has 0 radical (unpaired) electrons. The Morgan fingerprint density at radius 3 is 2.79 bits per heavy atom. The lowest BCUT2D eigenvalue weighted by molar-refractivity contribution is 0.0702. The lowest BCUT2D eigenvalue weighted by Crippen LogP contribution is -2.40. The largest absolute Gasteiger partial charge is 0.338 e. The number of rotatable bonds is 4. The Balaban J connectivity index is 1.51. The minimum atomic E-state index is -0.119. The molecule has 0 aromatic carbocycles. The molecule has 144 valence electrons. The molecule has 4 rings (SSSR count). The highest BCUT2D eigenvalue weighted by molar-refractivity contribution is 5.94. The molecule has 0 N–H and O–H groups in total. The third kappa shape index (κ3) is 3.74. The van der Waals surface area contributed by atoms with Crippen molar-refractivity contribution in [3.63, 3.8) is 0 Å². The quantitative estimate of drug-likeness (QED) is 0.698. The smallest absolute Gasteiger partial charge is 0.255 e. The standard InChI is InChI=1S/C21H23N5O2/c1-24-14-18(4-5-19(24)27)21(28)26-11-2-3-17(15-26)20-23-10-12-25(20)13-16-6-8-22-9-7-16/h4-10,12,14,17H,2-3,11,13,15H2,1H3/t17-/m1/s1. The Morgan fingerprint density at radius 1 is 1.18 bits per heavy atom. The number of amides is 1. The Hall–Kier alpha value is -3.22. The second kappa shape index (κ2) is 7.80. The van der Waals surface area contributed by atoms with Gasteiger partial charge in [-0.3, -0.25) is 14.6 Å². The third-order valence-corrected chi connectivity index (χ3v) is 5.26. The fourth-order valence-corrected chi connectivity index (χ4v) is 3.77. The molecule has 1 fully saturated rings. The zero-order valence-electron chi connectivity index (χ0n) is 15.9.